The van der Waals surface area contributed by atoms with Crippen molar-refractivity contribution in [2.45, 2.75) is 32.9 Å². The molecule has 1 fully saturated rings. The summed E-state index contributed by atoms with van der Waals surface area (Å²) >= 11 is 1.35. The molecular formula is C24H26FN3O2S. The molecule has 0 spiro atoms. The van der Waals surface area contributed by atoms with Crippen LogP contribution in [0.4, 0.5) is 4.39 Å². The normalized spacial score (nSPS) is 17.2. The van der Waals surface area contributed by atoms with E-state index >= 15 is 4.39 Å². The SMILES string of the molecule is C.NC1CCCN(Cc2ccc(-c3c(O)ccc4[nH]c(=O)c5sccc5c34)cc2F)C1. The van der Waals surface area contributed by atoms with Crippen molar-refractivity contribution in [1.29, 1.82) is 0 Å². The standard InChI is InChI=1S/C23H22FN3O2S.CH4/c24-17-10-13(3-4-14(17)11-27-8-1-2-15(25)12-27)20-19(28)6-5-18-21(20)16-7-9-30-22(16)23(29)26-18;/h3-7,9-10,15,28H,1-2,8,11-12,25H2,(H,26,29);1H4. The van der Waals surface area contributed by atoms with Gasteiger partial charge in [0.15, 0.2) is 0 Å². The highest BCUT2D eigenvalue weighted by atomic mass is 32.1. The number of nitrogens with two attached hydrogens (primary N) is 1. The van der Waals surface area contributed by atoms with Crippen LogP contribution in [-0.4, -0.2) is 34.1 Å². The highest BCUT2D eigenvalue weighted by molar-refractivity contribution is 7.17. The largest absolute Gasteiger partial charge is 0.507 e. The molecule has 0 radical (unpaired) electrons. The summed E-state index contributed by atoms with van der Waals surface area (Å²) in [5.41, 5.74) is 8.22. The van der Waals surface area contributed by atoms with Crippen molar-refractivity contribution >= 4 is 32.3 Å². The molecule has 2 aromatic carbocycles. The second-order valence-electron chi connectivity index (χ2n) is 7.94. The number of likely N-dealkylation sites (tertiary alicyclic amines) is 1. The van der Waals surface area contributed by atoms with Crippen molar-refractivity contribution in [2.75, 3.05) is 13.1 Å². The van der Waals surface area contributed by atoms with Crippen LogP contribution in [0.25, 0.3) is 32.1 Å². The van der Waals surface area contributed by atoms with E-state index in [4.69, 9.17) is 5.73 Å². The third kappa shape index (κ3) is 3.84. The van der Waals surface area contributed by atoms with E-state index in [1.54, 1.807) is 12.1 Å². The van der Waals surface area contributed by atoms with E-state index in [2.05, 4.69) is 9.88 Å². The first-order valence-electron chi connectivity index (χ1n) is 10.0. The predicted molar refractivity (Wildman–Crippen MR) is 126 cm³/mol. The number of nitrogens with one attached hydrogen (secondary N) is 1. The first-order valence-corrected chi connectivity index (χ1v) is 10.9. The van der Waals surface area contributed by atoms with E-state index < -0.39 is 0 Å². The quantitative estimate of drug-likeness (QED) is 0.428. The molecule has 5 nitrogen and oxygen atoms in total. The Morgan fingerprint density at radius 2 is 2.10 bits per heavy atom. The number of fused-ring (bicyclic) bond motifs is 3. The lowest BCUT2D eigenvalue weighted by molar-refractivity contribution is 0.199. The molecule has 31 heavy (non-hydrogen) atoms. The number of benzene rings is 2. The van der Waals surface area contributed by atoms with Crippen molar-refractivity contribution in [3.05, 3.63) is 63.5 Å². The minimum Gasteiger partial charge on any atom is -0.507 e. The molecule has 5 rings (SSSR count). The van der Waals surface area contributed by atoms with Crippen molar-refractivity contribution < 1.29 is 9.50 Å². The topological polar surface area (TPSA) is 82.3 Å². The van der Waals surface area contributed by atoms with Gasteiger partial charge in [0.1, 0.15) is 16.3 Å². The highest BCUT2D eigenvalue weighted by Crippen LogP contribution is 2.40. The van der Waals surface area contributed by atoms with E-state index in [0.29, 0.717) is 33.5 Å². The number of hydrogen-bond donors (Lipinski definition) is 3. The number of thiophene rings is 1. The Labute approximate surface area is 183 Å². The van der Waals surface area contributed by atoms with Crippen LogP contribution in [0.3, 0.4) is 0 Å². The van der Waals surface area contributed by atoms with Crippen molar-refractivity contribution in [2.24, 2.45) is 5.73 Å². The second kappa shape index (κ2) is 8.42. The highest BCUT2D eigenvalue weighted by Gasteiger charge is 2.20. The number of aromatic amines is 1. The summed E-state index contributed by atoms with van der Waals surface area (Å²) in [4.78, 5) is 17.4. The first kappa shape index (κ1) is 21.5. The molecule has 0 bridgehead atoms. The van der Waals surface area contributed by atoms with Gasteiger partial charge in [-0.3, -0.25) is 9.69 Å². The third-order valence-electron chi connectivity index (χ3n) is 5.85. The number of halogens is 1. The maximum atomic E-state index is 15.0. The molecule has 4 N–H and O–H groups in total. The second-order valence-corrected chi connectivity index (χ2v) is 8.86. The minimum absolute atomic E-state index is 0. The van der Waals surface area contributed by atoms with Crippen LogP contribution in [0.2, 0.25) is 0 Å². The van der Waals surface area contributed by atoms with Crippen LogP contribution in [0, 0.1) is 5.82 Å². The molecule has 1 unspecified atom stereocenters. The fraction of sp³-hybridized carbons (Fsp3) is 0.292. The Morgan fingerprint density at radius 3 is 2.87 bits per heavy atom. The first-order chi connectivity index (χ1) is 14.5. The van der Waals surface area contributed by atoms with Crippen LogP contribution in [-0.2, 0) is 6.54 Å². The average molecular weight is 440 g/mol. The Kier molecular flexibility index (Phi) is 5.83. The molecule has 4 aromatic rings. The Hall–Kier alpha value is -2.74. The number of hydrogen-bond acceptors (Lipinski definition) is 5. The molecule has 3 heterocycles. The van der Waals surface area contributed by atoms with Crippen molar-refractivity contribution in [3.8, 4) is 16.9 Å². The molecule has 1 aliphatic heterocycles. The van der Waals surface area contributed by atoms with Gasteiger partial charge in [0.05, 0.1) is 0 Å². The van der Waals surface area contributed by atoms with Gasteiger partial charge in [-0.25, -0.2) is 4.39 Å². The van der Waals surface area contributed by atoms with Gasteiger partial charge in [-0.1, -0.05) is 19.6 Å². The summed E-state index contributed by atoms with van der Waals surface area (Å²) in [5.74, 6) is -0.259. The number of nitrogens with zero attached hydrogens (tertiary/aromatic N) is 1. The lowest BCUT2D eigenvalue weighted by Crippen LogP contribution is -2.42. The van der Waals surface area contributed by atoms with E-state index in [-0.39, 0.29) is 30.6 Å². The Balaban J connectivity index is 0.00000231. The predicted octanol–water partition coefficient (Wildman–Crippen LogP) is 4.81. The Morgan fingerprint density at radius 1 is 1.26 bits per heavy atom. The minimum atomic E-state index is -0.311. The number of aromatic nitrogens is 1. The van der Waals surface area contributed by atoms with Crippen LogP contribution in [0.15, 0.2) is 46.6 Å². The summed E-state index contributed by atoms with van der Waals surface area (Å²) in [5, 5.41) is 14.0. The molecule has 2 aromatic heterocycles. The van der Waals surface area contributed by atoms with Crippen LogP contribution in [0.1, 0.15) is 25.8 Å². The number of H-pyrrole nitrogens is 1. The molecule has 1 atom stereocenters. The number of phenols is 1. The van der Waals surface area contributed by atoms with Gasteiger partial charge < -0.3 is 15.8 Å². The summed E-state index contributed by atoms with van der Waals surface area (Å²) in [6.07, 6.45) is 2.04. The van der Waals surface area contributed by atoms with Gasteiger partial charge in [0, 0.05) is 46.5 Å². The number of aromatic hydroxyl groups is 1. The van der Waals surface area contributed by atoms with Crippen molar-refractivity contribution in [3.63, 3.8) is 0 Å². The van der Waals surface area contributed by atoms with Crippen LogP contribution in [0.5, 0.6) is 5.75 Å². The number of phenolic OH excluding ortho intramolecular Hbond substituents is 1. The average Bonchev–Trinajstić information content (AvgIpc) is 3.21. The van der Waals surface area contributed by atoms with Crippen molar-refractivity contribution in [1.82, 2.24) is 9.88 Å². The van der Waals surface area contributed by atoms with Gasteiger partial charge in [0.2, 0.25) is 0 Å². The fourth-order valence-corrected chi connectivity index (χ4v) is 5.23. The maximum Gasteiger partial charge on any atom is 0.266 e. The van der Waals surface area contributed by atoms with E-state index in [1.165, 1.54) is 23.5 Å². The molecule has 0 aliphatic carbocycles. The zero-order valence-corrected chi connectivity index (χ0v) is 17.1. The van der Waals surface area contributed by atoms with Gasteiger partial charge in [-0.2, -0.15) is 0 Å². The molecule has 1 saturated heterocycles. The van der Waals surface area contributed by atoms with E-state index in [1.807, 2.05) is 17.5 Å². The van der Waals surface area contributed by atoms with Gasteiger partial charge in [-0.05, 0) is 54.6 Å². The lowest BCUT2D eigenvalue weighted by atomic mass is 9.96. The number of piperidine rings is 1. The zero-order chi connectivity index (χ0) is 20.8. The summed E-state index contributed by atoms with van der Waals surface area (Å²) in [6, 6.07) is 10.3. The van der Waals surface area contributed by atoms with E-state index in [9.17, 15) is 9.90 Å². The summed E-state index contributed by atoms with van der Waals surface area (Å²) in [7, 11) is 0. The van der Waals surface area contributed by atoms with Gasteiger partial charge >= 0.3 is 0 Å². The van der Waals surface area contributed by atoms with Crippen LogP contribution >= 0.6 is 11.3 Å². The maximum absolute atomic E-state index is 15.0. The summed E-state index contributed by atoms with van der Waals surface area (Å²) < 4.78 is 15.6. The van der Waals surface area contributed by atoms with E-state index in [0.717, 1.165) is 36.7 Å². The lowest BCUT2D eigenvalue weighted by Gasteiger charge is -2.30. The fourth-order valence-electron chi connectivity index (χ4n) is 4.44. The van der Waals surface area contributed by atoms with Gasteiger partial charge in [0.25, 0.3) is 5.56 Å². The molecule has 1 aliphatic rings. The third-order valence-corrected chi connectivity index (χ3v) is 6.76. The summed E-state index contributed by atoms with van der Waals surface area (Å²) in [6.45, 7) is 2.21. The number of pyridine rings is 1. The molecule has 0 saturated carbocycles. The molecule has 162 valence electrons. The monoisotopic (exact) mass is 439 g/mol. The zero-order valence-electron chi connectivity index (χ0n) is 16.3. The molecule has 7 heteroatoms. The number of rotatable bonds is 3. The molecular weight excluding hydrogens is 413 g/mol. The Bertz CT molecular complexity index is 1310. The van der Waals surface area contributed by atoms with Crippen LogP contribution < -0.4 is 11.3 Å². The smallest absolute Gasteiger partial charge is 0.266 e. The molecule has 0 amide bonds. The van der Waals surface area contributed by atoms with Gasteiger partial charge in [-0.15, -0.1) is 11.3 Å².